The predicted octanol–water partition coefficient (Wildman–Crippen LogP) is 10.4. The van der Waals surface area contributed by atoms with E-state index in [1.165, 1.54) is 76.7 Å². The van der Waals surface area contributed by atoms with Gasteiger partial charge >= 0.3 is 5.97 Å². The number of thioether (sulfide) groups is 1. The summed E-state index contributed by atoms with van der Waals surface area (Å²) in [5.74, 6) is -1.44. The lowest BCUT2D eigenvalue weighted by Gasteiger charge is -2.28. The first-order valence-electron chi connectivity index (χ1n) is 16.7. The lowest BCUT2D eigenvalue weighted by Crippen LogP contribution is -2.26. The highest BCUT2D eigenvalue weighted by Gasteiger charge is 2.43. The first-order valence-corrected chi connectivity index (χ1v) is 18.7. The van der Waals surface area contributed by atoms with Gasteiger partial charge in [0.2, 0.25) is 0 Å². The standard InChI is InChI=1S/C42H33NO4S2/c1-42(2)32-9-5-4-7-25(32)28-19-24(13-15-33(28)42)43-34-10-6-8-26(34)29-17-22(12-16-35(29)43)36-21-37(48-3)38(49-36)20-31-39(44)27-14-11-23(41(46)47)18-30(27)40(31)45/h4-5,7,9,11-21,26,34H,6,8,10H2,1-3H3,(H,46,47)/b31-20+. The molecule has 2 heterocycles. The molecule has 1 aliphatic heterocycles. The van der Waals surface area contributed by atoms with Crippen molar-refractivity contribution in [2.45, 2.75) is 55.4 Å². The number of nitrogens with zero attached hydrogens (tertiary/aromatic N) is 1. The number of fused-ring (bicyclic) bond motifs is 7. The van der Waals surface area contributed by atoms with E-state index in [4.69, 9.17) is 0 Å². The molecule has 0 bridgehead atoms. The van der Waals surface area contributed by atoms with Gasteiger partial charge in [-0.2, -0.15) is 0 Å². The molecule has 2 unspecified atom stereocenters. The van der Waals surface area contributed by atoms with Crippen LogP contribution in [0.5, 0.6) is 0 Å². The third-order valence-electron chi connectivity index (χ3n) is 11.1. The van der Waals surface area contributed by atoms with Crippen LogP contribution in [0.15, 0.2) is 95.4 Å². The maximum absolute atomic E-state index is 13.3. The number of benzene rings is 4. The van der Waals surface area contributed by atoms with Crippen LogP contribution in [0.25, 0.3) is 27.6 Å². The molecule has 4 aliphatic rings. The first-order chi connectivity index (χ1) is 23.7. The van der Waals surface area contributed by atoms with E-state index in [9.17, 15) is 19.5 Å². The van der Waals surface area contributed by atoms with E-state index < -0.39 is 11.8 Å². The molecule has 3 aliphatic carbocycles. The zero-order chi connectivity index (χ0) is 33.8. The molecule has 5 aromatic rings. The van der Waals surface area contributed by atoms with Gasteiger partial charge in [-0.05, 0) is 107 Å². The Balaban J connectivity index is 1.08. The summed E-state index contributed by atoms with van der Waals surface area (Å²) < 4.78 is 0. The summed E-state index contributed by atoms with van der Waals surface area (Å²) >= 11 is 3.17. The molecule has 0 saturated heterocycles. The zero-order valence-corrected chi connectivity index (χ0v) is 29.0. The van der Waals surface area contributed by atoms with Crippen LogP contribution in [0.2, 0.25) is 0 Å². The van der Waals surface area contributed by atoms with Crippen LogP contribution in [-0.4, -0.2) is 34.9 Å². The van der Waals surface area contributed by atoms with Crippen molar-refractivity contribution in [1.82, 2.24) is 0 Å². The highest BCUT2D eigenvalue weighted by Crippen LogP contribution is 2.56. The van der Waals surface area contributed by atoms with E-state index in [0.29, 0.717) is 12.0 Å². The quantitative estimate of drug-likeness (QED) is 0.113. The Labute approximate surface area is 293 Å². The second-order valence-corrected chi connectivity index (χ2v) is 15.9. The van der Waals surface area contributed by atoms with Crippen molar-refractivity contribution >= 4 is 58.1 Å². The van der Waals surface area contributed by atoms with Gasteiger partial charge in [-0.25, -0.2) is 4.79 Å². The molecule has 1 saturated carbocycles. The maximum atomic E-state index is 13.3. The number of allylic oxidation sites excluding steroid dienone is 1. The number of ketones is 2. The smallest absolute Gasteiger partial charge is 0.335 e. The van der Waals surface area contributed by atoms with Crippen LogP contribution in [0.3, 0.4) is 0 Å². The van der Waals surface area contributed by atoms with Gasteiger partial charge in [-0.3, -0.25) is 9.59 Å². The minimum absolute atomic E-state index is 0.00510. The number of carboxylic acid groups (broad SMARTS) is 1. The molecule has 5 nitrogen and oxygen atoms in total. The van der Waals surface area contributed by atoms with Gasteiger partial charge in [0.1, 0.15) is 0 Å². The van der Waals surface area contributed by atoms with Crippen molar-refractivity contribution in [2.24, 2.45) is 0 Å². The van der Waals surface area contributed by atoms with Crippen LogP contribution in [0.4, 0.5) is 11.4 Å². The summed E-state index contributed by atoms with van der Waals surface area (Å²) in [6.45, 7) is 4.65. The van der Waals surface area contributed by atoms with Gasteiger partial charge in [0.25, 0.3) is 0 Å². The number of hydrogen-bond acceptors (Lipinski definition) is 6. The third-order valence-corrected chi connectivity index (χ3v) is 13.1. The van der Waals surface area contributed by atoms with E-state index in [2.05, 4.69) is 85.5 Å². The number of carboxylic acids is 1. The van der Waals surface area contributed by atoms with Crippen molar-refractivity contribution < 1.29 is 19.5 Å². The number of aromatic carboxylic acids is 1. The summed E-state index contributed by atoms with van der Waals surface area (Å²) in [6, 6.07) is 29.5. The third kappa shape index (κ3) is 4.41. The first kappa shape index (κ1) is 30.3. The monoisotopic (exact) mass is 679 g/mol. The zero-order valence-electron chi connectivity index (χ0n) is 27.4. The molecule has 4 aromatic carbocycles. The fraction of sp³-hybridized carbons (Fsp3) is 0.214. The average Bonchev–Trinajstić information content (AvgIpc) is 3.90. The van der Waals surface area contributed by atoms with Crippen LogP contribution < -0.4 is 4.90 Å². The van der Waals surface area contributed by atoms with Crippen LogP contribution in [-0.2, 0) is 5.41 Å². The Kier molecular flexibility index (Phi) is 6.75. The highest BCUT2D eigenvalue weighted by molar-refractivity contribution is 7.98. The summed E-state index contributed by atoms with van der Waals surface area (Å²) in [5.41, 5.74) is 11.0. The lowest BCUT2D eigenvalue weighted by atomic mass is 9.82. The van der Waals surface area contributed by atoms with Crippen molar-refractivity contribution in [2.75, 3.05) is 11.2 Å². The number of Topliss-reactive ketones (excluding diaryl/α,β-unsaturated/α-hetero) is 2. The molecule has 1 N–H and O–H groups in total. The molecule has 0 spiro atoms. The minimum Gasteiger partial charge on any atom is -0.478 e. The molecule has 7 heteroatoms. The van der Waals surface area contributed by atoms with Crippen molar-refractivity contribution in [3.63, 3.8) is 0 Å². The topological polar surface area (TPSA) is 74.7 Å². The SMILES string of the molecule is CSc1cc(-c2ccc3c(c2)C2CCCC2N3c2ccc3c(c2)-c2ccccc2C3(C)C)sc1/C=C1\C(=O)c2ccc(C(=O)O)cc2C1=O. The van der Waals surface area contributed by atoms with Crippen molar-refractivity contribution in [3.05, 3.63) is 129 Å². The lowest BCUT2D eigenvalue weighted by molar-refractivity contribution is 0.0696. The second kappa shape index (κ2) is 10.9. The summed E-state index contributed by atoms with van der Waals surface area (Å²) in [7, 11) is 0. The van der Waals surface area contributed by atoms with Crippen molar-refractivity contribution in [3.8, 4) is 21.6 Å². The average molecular weight is 680 g/mol. The van der Waals surface area contributed by atoms with Gasteiger partial charge in [0.15, 0.2) is 11.6 Å². The molecule has 1 aromatic heterocycles. The van der Waals surface area contributed by atoms with Gasteiger partial charge in [0, 0.05) is 54.5 Å². The number of thiophene rings is 1. The largest absolute Gasteiger partial charge is 0.478 e. The molecule has 2 atom stereocenters. The molecular formula is C42H33NO4S2. The molecule has 9 rings (SSSR count). The highest BCUT2D eigenvalue weighted by atomic mass is 32.2. The van der Waals surface area contributed by atoms with E-state index in [0.717, 1.165) is 20.2 Å². The summed E-state index contributed by atoms with van der Waals surface area (Å²) in [5, 5.41) is 9.40. The van der Waals surface area contributed by atoms with Crippen LogP contribution >= 0.6 is 23.1 Å². The van der Waals surface area contributed by atoms with Gasteiger partial charge in [0.05, 0.1) is 11.1 Å². The molecule has 0 amide bonds. The summed E-state index contributed by atoms with van der Waals surface area (Å²) in [6.07, 6.45) is 7.24. The Morgan fingerprint density at radius 1 is 0.878 bits per heavy atom. The Bertz CT molecular complexity index is 2330. The number of carbonyl (C=O) groups is 3. The molecular weight excluding hydrogens is 647 g/mol. The maximum Gasteiger partial charge on any atom is 0.335 e. The van der Waals surface area contributed by atoms with Crippen LogP contribution in [0.1, 0.15) is 91.7 Å². The van der Waals surface area contributed by atoms with E-state index in [1.807, 2.05) is 6.26 Å². The molecule has 1 fully saturated rings. The van der Waals surface area contributed by atoms with E-state index in [-0.39, 0.29) is 33.5 Å². The number of carbonyl (C=O) groups excluding carboxylic acids is 2. The fourth-order valence-corrected chi connectivity index (χ4v) is 10.7. The van der Waals surface area contributed by atoms with Gasteiger partial charge in [-0.1, -0.05) is 56.7 Å². The van der Waals surface area contributed by atoms with Crippen LogP contribution in [0, 0.1) is 0 Å². The normalized spacial score (nSPS) is 20.4. The fourth-order valence-electron chi connectivity index (χ4n) is 8.71. The van der Waals surface area contributed by atoms with Gasteiger partial charge < -0.3 is 10.0 Å². The second-order valence-electron chi connectivity index (χ2n) is 14.0. The van der Waals surface area contributed by atoms with E-state index in [1.54, 1.807) is 29.2 Å². The van der Waals surface area contributed by atoms with Gasteiger partial charge in [-0.15, -0.1) is 23.1 Å². The summed E-state index contributed by atoms with van der Waals surface area (Å²) in [4.78, 5) is 43.6. The number of hydrogen-bond donors (Lipinski definition) is 1. The Morgan fingerprint density at radius 3 is 2.49 bits per heavy atom. The number of anilines is 2. The molecule has 242 valence electrons. The molecule has 0 radical (unpaired) electrons. The Morgan fingerprint density at radius 2 is 1.67 bits per heavy atom. The molecule has 49 heavy (non-hydrogen) atoms. The van der Waals surface area contributed by atoms with E-state index >= 15 is 0 Å². The Hall–Kier alpha value is -4.72. The minimum atomic E-state index is -1.13. The number of rotatable bonds is 5. The van der Waals surface area contributed by atoms with Crippen molar-refractivity contribution in [1.29, 1.82) is 0 Å². The predicted molar refractivity (Wildman–Crippen MR) is 198 cm³/mol.